The van der Waals surface area contributed by atoms with Crippen LogP contribution in [0.2, 0.25) is 0 Å². The zero-order chi connectivity index (χ0) is 23.9. The van der Waals surface area contributed by atoms with Gasteiger partial charge in [-0.3, -0.25) is 4.79 Å². The first-order valence-corrected chi connectivity index (χ1v) is 13.2. The summed E-state index contributed by atoms with van der Waals surface area (Å²) in [6.07, 6.45) is 13.6. The maximum absolute atomic E-state index is 13.5. The van der Waals surface area contributed by atoms with Crippen LogP contribution in [0.3, 0.4) is 0 Å². The second-order valence-electron chi connectivity index (χ2n) is 8.88. The zero-order valence-corrected chi connectivity index (χ0v) is 21.4. The Morgan fingerprint density at radius 3 is 2.06 bits per heavy atom. The second kappa shape index (κ2) is 15.6. The van der Waals surface area contributed by atoms with E-state index in [9.17, 15) is 4.79 Å². The zero-order valence-electron chi connectivity index (χ0n) is 21.4. The molecule has 0 fully saturated rings. The van der Waals surface area contributed by atoms with Gasteiger partial charge in [0, 0.05) is 18.0 Å². The number of ether oxygens (including phenoxy) is 3. The fraction of sp³-hybridized carbons (Fsp3) is 0.679. The van der Waals surface area contributed by atoms with Crippen molar-refractivity contribution in [2.45, 2.75) is 104 Å². The van der Waals surface area contributed by atoms with Crippen LogP contribution in [0.1, 0.15) is 97.8 Å². The summed E-state index contributed by atoms with van der Waals surface area (Å²) in [5, 5.41) is 0.898. The molecule has 0 aliphatic carbocycles. The number of nitrogens with zero attached hydrogens (tertiary/aromatic N) is 1. The maximum Gasteiger partial charge on any atom is 0.297 e. The van der Waals surface area contributed by atoms with Gasteiger partial charge in [-0.1, -0.05) is 78.6 Å². The third-order valence-electron chi connectivity index (χ3n) is 6.10. The Kier molecular flexibility index (Phi) is 12.8. The molecule has 2 aromatic rings. The summed E-state index contributed by atoms with van der Waals surface area (Å²) in [7, 11) is 1.61. The van der Waals surface area contributed by atoms with Gasteiger partial charge in [0.15, 0.2) is 5.75 Å². The van der Waals surface area contributed by atoms with Gasteiger partial charge in [0.1, 0.15) is 5.75 Å². The normalized spacial score (nSPS) is 11.2. The lowest BCUT2D eigenvalue weighted by Crippen LogP contribution is -2.24. The molecule has 0 spiro atoms. The van der Waals surface area contributed by atoms with Crippen molar-refractivity contribution in [3.05, 3.63) is 28.6 Å². The SMILES string of the molecule is CCCCCCCCn1c(=O)c(OCCCCCC)c(OC)c2ccc(OCCCC)cc21. The topological polar surface area (TPSA) is 49.7 Å². The predicted octanol–water partition coefficient (Wildman–Crippen LogP) is 7.51. The van der Waals surface area contributed by atoms with Crippen LogP contribution in [0.4, 0.5) is 0 Å². The summed E-state index contributed by atoms with van der Waals surface area (Å²) in [4.78, 5) is 13.5. The summed E-state index contributed by atoms with van der Waals surface area (Å²) in [5.74, 6) is 1.67. The van der Waals surface area contributed by atoms with Gasteiger partial charge in [-0.2, -0.15) is 0 Å². The quantitative estimate of drug-likeness (QED) is 0.216. The summed E-state index contributed by atoms with van der Waals surface area (Å²) >= 11 is 0. The van der Waals surface area contributed by atoms with Gasteiger partial charge < -0.3 is 18.8 Å². The number of aryl methyl sites for hydroxylation is 1. The van der Waals surface area contributed by atoms with Crippen LogP contribution in [-0.4, -0.2) is 24.9 Å². The smallest absolute Gasteiger partial charge is 0.297 e. The predicted molar refractivity (Wildman–Crippen MR) is 138 cm³/mol. The van der Waals surface area contributed by atoms with Crippen LogP contribution in [0.5, 0.6) is 17.2 Å². The molecule has 0 atom stereocenters. The number of aromatic nitrogens is 1. The van der Waals surface area contributed by atoms with E-state index in [4.69, 9.17) is 14.2 Å². The van der Waals surface area contributed by atoms with E-state index in [1.165, 1.54) is 38.5 Å². The lowest BCUT2D eigenvalue weighted by Gasteiger charge is -2.18. The van der Waals surface area contributed by atoms with Crippen LogP contribution in [0, 0.1) is 0 Å². The minimum Gasteiger partial charge on any atom is -0.494 e. The Balaban J connectivity index is 2.34. The van der Waals surface area contributed by atoms with Gasteiger partial charge in [0.25, 0.3) is 5.56 Å². The van der Waals surface area contributed by atoms with Crippen LogP contribution in [0.15, 0.2) is 23.0 Å². The molecule has 5 heteroatoms. The molecule has 0 saturated heterocycles. The minimum absolute atomic E-state index is 0.103. The van der Waals surface area contributed by atoms with E-state index in [0.717, 1.165) is 55.2 Å². The highest BCUT2D eigenvalue weighted by atomic mass is 16.5. The van der Waals surface area contributed by atoms with Crippen molar-refractivity contribution in [1.29, 1.82) is 0 Å². The average Bonchev–Trinajstić information content (AvgIpc) is 2.83. The van der Waals surface area contributed by atoms with Crippen molar-refractivity contribution in [3.8, 4) is 17.2 Å². The molecule has 1 aromatic heterocycles. The molecule has 0 N–H and O–H groups in total. The molecule has 33 heavy (non-hydrogen) atoms. The summed E-state index contributed by atoms with van der Waals surface area (Å²) < 4.78 is 19.5. The standard InChI is InChI=1S/C28H45NO4/c1-5-8-11-13-14-15-19-29-25-22-23(32-20-10-7-3)17-18-24(25)26(31-4)27(28(29)30)33-21-16-12-9-6-2/h17-18,22H,5-16,19-21H2,1-4H3. The molecule has 0 unspecified atom stereocenters. The van der Waals surface area contributed by atoms with E-state index in [-0.39, 0.29) is 5.56 Å². The minimum atomic E-state index is -0.103. The van der Waals surface area contributed by atoms with Crippen molar-refractivity contribution in [2.24, 2.45) is 0 Å². The molecule has 0 aliphatic rings. The van der Waals surface area contributed by atoms with E-state index in [0.29, 0.717) is 31.3 Å². The fourth-order valence-corrected chi connectivity index (χ4v) is 4.11. The van der Waals surface area contributed by atoms with Crippen LogP contribution >= 0.6 is 0 Å². The molecule has 0 radical (unpaired) electrons. The Bertz CT molecular complexity index is 874. The summed E-state index contributed by atoms with van der Waals surface area (Å²) in [6, 6.07) is 5.94. The highest BCUT2D eigenvalue weighted by Crippen LogP contribution is 2.35. The second-order valence-corrected chi connectivity index (χ2v) is 8.88. The number of benzene rings is 1. The third kappa shape index (κ3) is 8.28. The van der Waals surface area contributed by atoms with Gasteiger partial charge >= 0.3 is 0 Å². The summed E-state index contributed by atoms with van der Waals surface area (Å²) in [6.45, 7) is 8.46. The molecule has 0 aliphatic heterocycles. The first-order chi connectivity index (χ1) is 16.2. The Morgan fingerprint density at radius 2 is 1.36 bits per heavy atom. The first-order valence-electron chi connectivity index (χ1n) is 13.2. The van der Waals surface area contributed by atoms with Crippen LogP contribution in [-0.2, 0) is 6.54 Å². The molecule has 0 amide bonds. The highest BCUT2D eigenvalue weighted by Gasteiger charge is 2.19. The van der Waals surface area contributed by atoms with Crippen molar-refractivity contribution < 1.29 is 14.2 Å². The molecule has 0 saturated carbocycles. The van der Waals surface area contributed by atoms with E-state index in [1.807, 2.05) is 22.8 Å². The fourth-order valence-electron chi connectivity index (χ4n) is 4.11. The highest BCUT2D eigenvalue weighted by molar-refractivity contribution is 5.89. The third-order valence-corrected chi connectivity index (χ3v) is 6.10. The molecule has 186 valence electrons. The number of hydrogen-bond acceptors (Lipinski definition) is 4. The van der Waals surface area contributed by atoms with E-state index in [1.54, 1.807) is 7.11 Å². The monoisotopic (exact) mass is 459 g/mol. The van der Waals surface area contributed by atoms with E-state index < -0.39 is 0 Å². The molecular formula is C28H45NO4. The van der Waals surface area contributed by atoms with Crippen LogP contribution < -0.4 is 19.8 Å². The molecule has 2 rings (SSSR count). The van der Waals surface area contributed by atoms with Crippen molar-refractivity contribution in [3.63, 3.8) is 0 Å². The molecular weight excluding hydrogens is 414 g/mol. The van der Waals surface area contributed by atoms with Gasteiger partial charge in [-0.05, 0) is 31.4 Å². The molecule has 1 heterocycles. The first kappa shape index (κ1) is 27.1. The molecule has 1 aromatic carbocycles. The van der Waals surface area contributed by atoms with Crippen molar-refractivity contribution in [2.75, 3.05) is 20.3 Å². The van der Waals surface area contributed by atoms with Gasteiger partial charge in [-0.15, -0.1) is 0 Å². The average molecular weight is 460 g/mol. The largest absolute Gasteiger partial charge is 0.494 e. The maximum atomic E-state index is 13.5. The number of unbranched alkanes of at least 4 members (excludes halogenated alkanes) is 9. The van der Waals surface area contributed by atoms with Crippen LogP contribution in [0.25, 0.3) is 10.9 Å². The number of hydrogen-bond donors (Lipinski definition) is 0. The van der Waals surface area contributed by atoms with E-state index in [2.05, 4.69) is 20.8 Å². The number of rotatable bonds is 18. The lowest BCUT2D eigenvalue weighted by molar-refractivity contribution is 0.280. The van der Waals surface area contributed by atoms with Gasteiger partial charge in [0.2, 0.25) is 5.75 Å². The molecule has 0 bridgehead atoms. The van der Waals surface area contributed by atoms with Crippen molar-refractivity contribution in [1.82, 2.24) is 4.57 Å². The number of pyridine rings is 1. The molecule has 5 nitrogen and oxygen atoms in total. The Labute approximate surface area is 200 Å². The summed E-state index contributed by atoms with van der Waals surface area (Å²) in [5.41, 5.74) is 0.756. The Hall–Kier alpha value is -2.17. The number of fused-ring (bicyclic) bond motifs is 1. The van der Waals surface area contributed by atoms with Gasteiger partial charge in [-0.25, -0.2) is 0 Å². The van der Waals surface area contributed by atoms with Crippen molar-refractivity contribution >= 4 is 10.9 Å². The lowest BCUT2D eigenvalue weighted by atomic mass is 10.1. The van der Waals surface area contributed by atoms with Gasteiger partial charge in [0.05, 0.1) is 25.8 Å². The number of methoxy groups -OCH3 is 1. The van der Waals surface area contributed by atoms with E-state index >= 15 is 0 Å². The Morgan fingerprint density at radius 1 is 0.727 bits per heavy atom.